The summed E-state index contributed by atoms with van der Waals surface area (Å²) < 4.78 is 5.94. The Morgan fingerprint density at radius 1 is 1.14 bits per heavy atom. The van der Waals surface area contributed by atoms with E-state index in [-0.39, 0.29) is 12.5 Å². The van der Waals surface area contributed by atoms with Crippen molar-refractivity contribution in [1.82, 2.24) is 10.6 Å². The number of rotatable bonds is 4. The molecule has 6 heteroatoms. The van der Waals surface area contributed by atoms with Crippen LogP contribution in [0.4, 0.5) is 4.79 Å². The molecule has 0 spiro atoms. The summed E-state index contributed by atoms with van der Waals surface area (Å²) in [6.07, 6.45) is -0.507. The molecule has 122 valence electrons. The molecule has 0 aliphatic rings. The van der Waals surface area contributed by atoms with E-state index in [4.69, 9.17) is 4.74 Å². The van der Waals surface area contributed by atoms with Gasteiger partial charge in [-0.25, -0.2) is 4.79 Å². The predicted molar refractivity (Wildman–Crippen MR) is 89.9 cm³/mol. The number of amides is 2. The summed E-state index contributed by atoms with van der Waals surface area (Å²) in [4.78, 5) is 23.9. The Hall–Kier alpha value is -1.56. The van der Waals surface area contributed by atoms with Crippen molar-refractivity contribution in [2.24, 2.45) is 0 Å². The van der Waals surface area contributed by atoms with Gasteiger partial charge in [0.1, 0.15) is 5.60 Å². The van der Waals surface area contributed by atoms with Gasteiger partial charge in [0.25, 0.3) is 5.91 Å². The van der Waals surface area contributed by atoms with Gasteiger partial charge >= 0.3 is 6.09 Å². The molecule has 1 aromatic rings. The topological polar surface area (TPSA) is 67.4 Å². The van der Waals surface area contributed by atoms with Gasteiger partial charge in [-0.3, -0.25) is 4.79 Å². The number of nitrogens with one attached hydrogen (secondary N) is 2. The lowest BCUT2D eigenvalue weighted by Crippen LogP contribution is -2.52. The van der Waals surface area contributed by atoms with Gasteiger partial charge in [-0.05, 0) is 62.7 Å². The molecule has 0 atom stereocenters. The van der Waals surface area contributed by atoms with Gasteiger partial charge in [-0.15, -0.1) is 0 Å². The van der Waals surface area contributed by atoms with Crippen molar-refractivity contribution in [1.29, 1.82) is 0 Å². The van der Waals surface area contributed by atoms with E-state index in [1.807, 2.05) is 19.9 Å². The highest BCUT2D eigenvalue weighted by atomic mass is 79.9. The number of alkyl carbamates (subject to hydrolysis) is 1. The molecule has 0 saturated heterocycles. The molecular formula is C16H23BrN2O3. The molecule has 1 aromatic carbocycles. The Morgan fingerprint density at radius 2 is 1.73 bits per heavy atom. The first kappa shape index (κ1) is 18.5. The van der Waals surface area contributed by atoms with Crippen LogP contribution in [0.15, 0.2) is 28.7 Å². The van der Waals surface area contributed by atoms with Crippen molar-refractivity contribution in [3.63, 3.8) is 0 Å². The molecule has 0 saturated carbocycles. The van der Waals surface area contributed by atoms with E-state index in [0.29, 0.717) is 5.56 Å². The van der Waals surface area contributed by atoms with Crippen molar-refractivity contribution in [2.75, 3.05) is 6.54 Å². The Kier molecular flexibility index (Phi) is 6.00. The Bertz CT molecular complexity index is 551. The molecule has 0 fully saturated rings. The third kappa shape index (κ3) is 6.47. The average molecular weight is 371 g/mol. The van der Waals surface area contributed by atoms with Crippen molar-refractivity contribution in [3.8, 4) is 0 Å². The predicted octanol–water partition coefficient (Wildman–Crippen LogP) is 3.48. The fourth-order valence-electron chi connectivity index (χ4n) is 1.67. The van der Waals surface area contributed by atoms with Crippen LogP contribution in [-0.4, -0.2) is 29.7 Å². The summed E-state index contributed by atoms with van der Waals surface area (Å²) in [5, 5.41) is 5.56. The first-order valence-corrected chi connectivity index (χ1v) is 7.83. The van der Waals surface area contributed by atoms with Crippen LogP contribution in [0.1, 0.15) is 45.0 Å². The number of benzene rings is 1. The Labute approximate surface area is 139 Å². The SMILES string of the molecule is CC(C)(CNC(=O)c1ccccc1Br)NC(=O)OC(C)(C)C. The van der Waals surface area contributed by atoms with Crippen molar-refractivity contribution < 1.29 is 14.3 Å². The highest BCUT2D eigenvalue weighted by Crippen LogP contribution is 2.16. The first-order valence-electron chi connectivity index (χ1n) is 7.04. The lowest BCUT2D eigenvalue weighted by atomic mass is 10.1. The van der Waals surface area contributed by atoms with Gasteiger partial charge in [0.05, 0.1) is 11.1 Å². The van der Waals surface area contributed by atoms with Gasteiger partial charge in [0, 0.05) is 11.0 Å². The number of hydrogen-bond donors (Lipinski definition) is 2. The molecular weight excluding hydrogens is 348 g/mol. The van der Waals surface area contributed by atoms with Crippen LogP contribution < -0.4 is 10.6 Å². The molecule has 0 unspecified atom stereocenters. The van der Waals surface area contributed by atoms with E-state index < -0.39 is 17.2 Å². The van der Waals surface area contributed by atoms with Gasteiger partial charge in [0.15, 0.2) is 0 Å². The van der Waals surface area contributed by atoms with Gasteiger partial charge in [0.2, 0.25) is 0 Å². The molecule has 0 aromatic heterocycles. The quantitative estimate of drug-likeness (QED) is 0.852. The van der Waals surface area contributed by atoms with Gasteiger partial charge < -0.3 is 15.4 Å². The molecule has 0 aliphatic heterocycles. The molecule has 0 aliphatic carbocycles. The summed E-state index contributed by atoms with van der Waals surface area (Å²) >= 11 is 3.34. The molecule has 2 N–H and O–H groups in total. The summed E-state index contributed by atoms with van der Waals surface area (Å²) in [7, 11) is 0. The normalized spacial score (nSPS) is 11.7. The lowest BCUT2D eigenvalue weighted by molar-refractivity contribution is 0.0469. The first-order chi connectivity index (χ1) is 10.0. The maximum Gasteiger partial charge on any atom is 0.408 e. The zero-order valence-electron chi connectivity index (χ0n) is 13.6. The number of carbonyl (C=O) groups excluding carboxylic acids is 2. The second-order valence-corrected chi connectivity index (χ2v) is 7.53. The monoisotopic (exact) mass is 370 g/mol. The maximum atomic E-state index is 12.1. The molecule has 1 rings (SSSR count). The van der Waals surface area contributed by atoms with E-state index >= 15 is 0 Å². The van der Waals surface area contributed by atoms with Crippen LogP contribution in [0.3, 0.4) is 0 Å². The summed E-state index contributed by atoms with van der Waals surface area (Å²) in [5.74, 6) is -0.202. The highest BCUT2D eigenvalue weighted by molar-refractivity contribution is 9.10. The summed E-state index contributed by atoms with van der Waals surface area (Å²) in [5.41, 5.74) is -0.632. The molecule has 0 bridgehead atoms. The molecule has 2 amide bonds. The zero-order valence-corrected chi connectivity index (χ0v) is 15.2. The van der Waals surface area contributed by atoms with Crippen LogP contribution in [0.25, 0.3) is 0 Å². The third-order valence-electron chi connectivity index (χ3n) is 2.65. The molecule has 0 heterocycles. The largest absolute Gasteiger partial charge is 0.444 e. The Morgan fingerprint density at radius 3 is 2.27 bits per heavy atom. The second kappa shape index (κ2) is 7.13. The van der Waals surface area contributed by atoms with Gasteiger partial charge in [-0.2, -0.15) is 0 Å². The number of hydrogen-bond acceptors (Lipinski definition) is 3. The maximum absolute atomic E-state index is 12.1. The van der Waals surface area contributed by atoms with E-state index in [0.717, 1.165) is 4.47 Å². The summed E-state index contributed by atoms with van der Waals surface area (Å²) in [6.45, 7) is 9.32. The number of carbonyl (C=O) groups is 2. The smallest absolute Gasteiger partial charge is 0.408 e. The van der Waals surface area contributed by atoms with Crippen LogP contribution >= 0.6 is 15.9 Å². The Balaban J connectivity index is 2.57. The van der Waals surface area contributed by atoms with E-state index in [1.54, 1.807) is 39.0 Å². The lowest BCUT2D eigenvalue weighted by Gasteiger charge is -2.28. The standard InChI is InChI=1S/C16H23BrN2O3/c1-15(2,3)22-14(21)19-16(4,5)10-18-13(20)11-8-6-7-9-12(11)17/h6-9H,10H2,1-5H3,(H,18,20)(H,19,21). The number of ether oxygens (including phenoxy) is 1. The minimum atomic E-state index is -0.626. The molecule has 5 nitrogen and oxygen atoms in total. The average Bonchev–Trinajstić information content (AvgIpc) is 2.33. The second-order valence-electron chi connectivity index (χ2n) is 6.67. The van der Waals surface area contributed by atoms with Crippen LogP contribution in [0, 0.1) is 0 Å². The minimum Gasteiger partial charge on any atom is -0.444 e. The van der Waals surface area contributed by atoms with E-state index in [2.05, 4.69) is 26.6 Å². The minimum absolute atomic E-state index is 0.202. The fraction of sp³-hybridized carbons (Fsp3) is 0.500. The number of halogens is 1. The molecule has 0 radical (unpaired) electrons. The van der Waals surface area contributed by atoms with Crippen molar-refractivity contribution in [3.05, 3.63) is 34.3 Å². The molecule has 22 heavy (non-hydrogen) atoms. The fourth-order valence-corrected chi connectivity index (χ4v) is 2.13. The van der Waals surface area contributed by atoms with Crippen LogP contribution in [0.2, 0.25) is 0 Å². The van der Waals surface area contributed by atoms with Crippen molar-refractivity contribution in [2.45, 2.75) is 45.8 Å². The van der Waals surface area contributed by atoms with E-state index in [1.165, 1.54) is 0 Å². The zero-order chi connectivity index (χ0) is 17.0. The summed E-state index contributed by atoms with van der Waals surface area (Å²) in [6, 6.07) is 7.17. The van der Waals surface area contributed by atoms with E-state index in [9.17, 15) is 9.59 Å². The van der Waals surface area contributed by atoms with Crippen LogP contribution in [-0.2, 0) is 4.74 Å². The van der Waals surface area contributed by atoms with Gasteiger partial charge in [-0.1, -0.05) is 12.1 Å². The van der Waals surface area contributed by atoms with Crippen LogP contribution in [0.5, 0.6) is 0 Å². The van der Waals surface area contributed by atoms with Crippen molar-refractivity contribution >= 4 is 27.9 Å². The third-order valence-corrected chi connectivity index (χ3v) is 3.34. The highest BCUT2D eigenvalue weighted by Gasteiger charge is 2.25.